The second-order valence-corrected chi connectivity index (χ2v) is 3.78. The van der Waals surface area contributed by atoms with Gasteiger partial charge in [-0.2, -0.15) is 0 Å². The van der Waals surface area contributed by atoms with Crippen LogP contribution in [0.1, 0.15) is 5.56 Å². The van der Waals surface area contributed by atoms with Crippen LogP contribution < -0.4 is 0 Å². The van der Waals surface area contributed by atoms with Crippen LogP contribution in [-0.2, 0) is 0 Å². The summed E-state index contributed by atoms with van der Waals surface area (Å²) >= 11 is 5.71. The van der Waals surface area contributed by atoms with Crippen molar-refractivity contribution in [2.75, 3.05) is 0 Å². The quantitative estimate of drug-likeness (QED) is 0.713. The summed E-state index contributed by atoms with van der Waals surface area (Å²) in [7, 11) is 0. The van der Waals surface area contributed by atoms with Crippen LogP contribution in [0.5, 0.6) is 0 Å². The molecule has 0 unspecified atom stereocenters. The van der Waals surface area contributed by atoms with Gasteiger partial charge in [-0.05, 0) is 36.8 Å². The first kappa shape index (κ1) is 10.1. The molecule has 0 atom stereocenters. The van der Waals surface area contributed by atoms with Crippen LogP contribution in [0.15, 0.2) is 36.5 Å². The van der Waals surface area contributed by atoms with Gasteiger partial charge in [0, 0.05) is 11.8 Å². The molecule has 15 heavy (non-hydrogen) atoms. The van der Waals surface area contributed by atoms with E-state index in [2.05, 4.69) is 4.98 Å². The topological polar surface area (TPSA) is 12.9 Å². The summed E-state index contributed by atoms with van der Waals surface area (Å²) in [5, 5.41) is 0.547. The molecule has 2 aromatic rings. The Morgan fingerprint density at radius 3 is 2.60 bits per heavy atom. The van der Waals surface area contributed by atoms with Crippen molar-refractivity contribution in [3.8, 4) is 11.3 Å². The lowest BCUT2D eigenvalue weighted by atomic mass is 10.1. The number of benzene rings is 1. The monoisotopic (exact) mass is 221 g/mol. The van der Waals surface area contributed by atoms with Gasteiger partial charge in [-0.1, -0.05) is 17.7 Å². The molecular weight excluding hydrogens is 213 g/mol. The average molecular weight is 222 g/mol. The maximum atomic E-state index is 13.6. The van der Waals surface area contributed by atoms with E-state index >= 15 is 0 Å². The minimum absolute atomic E-state index is 0.259. The van der Waals surface area contributed by atoms with Crippen molar-refractivity contribution in [2.45, 2.75) is 6.92 Å². The predicted octanol–water partition coefficient (Wildman–Crippen LogP) is 3.85. The zero-order valence-corrected chi connectivity index (χ0v) is 8.92. The summed E-state index contributed by atoms with van der Waals surface area (Å²) in [5.74, 6) is -0.259. The molecule has 0 N–H and O–H groups in total. The number of pyridine rings is 1. The number of nitrogens with zero attached hydrogens (tertiary/aromatic N) is 1. The Morgan fingerprint density at radius 2 is 2.00 bits per heavy atom. The Morgan fingerprint density at radius 1 is 1.20 bits per heavy atom. The molecule has 0 aliphatic carbocycles. The van der Waals surface area contributed by atoms with Gasteiger partial charge in [0.15, 0.2) is 0 Å². The smallest absolute Gasteiger partial charge is 0.132 e. The van der Waals surface area contributed by atoms with Crippen molar-refractivity contribution < 1.29 is 4.39 Å². The van der Waals surface area contributed by atoms with Gasteiger partial charge >= 0.3 is 0 Å². The van der Waals surface area contributed by atoms with Gasteiger partial charge in [0.25, 0.3) is 0 Å². The molecular formula is C12H9ClFN. The number of aryl methyl sites for hydroxylation is 1. The minimum Gasteiger partial charge on any atom is -0.255 e. The second kappa shape index (κ2) is 3.99. The SMILES string of the molecule is Cc1ccc(-c2ccc(Cl)cn2)c(F)c1. The molecule has 2 rings (SSSR count). The van der Waals surface area contributed by atoms with Crippen LogP contribution in [0.25, 0.3) is 11.3 Å². The molecule has 1 nitrogen and oxygen atoms in total. The zero-order valence-electron chi connectivity index (χ0n) is 8.17. The first-order valence-electron chi connectivity index (χ1n) is 4.55. The second-order valence-electron chi connectivity index (χ2n) is 3.34. The van der Waals surface area contributed by atoms with Crippen molar-refractivity contribution in [2.24, 2.45) is 0 Å². The lowest BCUT2D eigenvalue weighted by molar-refractivity contribution is 0.629. The molecule has 1 aromatic carbocycles. The van der Waals surface area contributed by atoms with Crippen LogP contribution in [0.4, 0.5) is 4.39 Å². The van der Waals surface area contributed by atoms with E-state index in [4.69, 9.17) is 11.6 Å². The van der Waals surface area contributed by atoms with E-state index in [-0.39, 0.29) is 5.82 Å². The van der Waals surface area contributed by atoms with Gasteiger partial charge in [0.1, 0.15) is 5.82 Å². The lowest BCUT2D eigenvalue weighted by Gasteiger charge is -2.03. The number of halogens is 2. The molecule has 0 aliphatic heterocycles. The van der Waals surface area contributed by atoms with Crippen LogP contribution in [0, 0.1) is 12.7 Å². The summed E-state index contributed by atoms with van der Waals surface area (Å²) < 4.78 is 13.6. The van der Waals surface area contributed by atoms with Crippen LogP contribution >= 0.6 is 11.6 Å². The van der Waals surface area contributed by atoms with E-state index in [1.165, 1.54) is 12.3 Å². The average Bonchev–Trinajstić information content (AvgIpc) is 2.20. The Bertz CT molecular complexity index is 479. The molecule has 0 bridgehead atoms. The highest BCUT2D eigenvalue weighted by molar-refractivity contribution is 6.30. The number of hydrogen-bond donors (Lipinski definition) is 0. The third-order valence-electron chi connectivity index (χ3n) is 2.13. The van der Waals surface area contributed by atoms with E-state index in [9.17, 15) is 4.39 Å². The molecule has 0 saturated carbocycles. The summed E-state index contributed by atoms with van der Waals surface area (Å²) in [6, 6.07) is 8.47. The molecule has 0 amide bonds. The molecule has 1 aromatic heterocycles. The van der Waals surface area contributed by atoms with Gasteiger partial charge in [-0.15, -0.1) is 0 Å². The number of hydrogen-bond acceptors (Lipinski definition) is 1. The maximum Gasteiger partial charge on any atom is 0.132 e. The molecule has 1 heterocycles. The Balaban J connectivity index is 2.49. The highest BCUT2D eigenvalue weighted by Crippen LogP contribution is 2.22. The lowest BCUT2D eigenvalue weighted by Crippen LogP contribution is -1.88. The minimum atomic E-state index is -0.259. The fourth-order valence-electron chi connectivity index (χ4n) is 1.36. The molecule has 76 valence electrons. The van der Waals surface area contributed by atoms with Crippen molar-refractivity contribution in [3.05, 3.63) is 52.9 Å². The van der Waals surface area contributed by atoms with Crippen molar-refractivity contribution in [1.82, 2.24) is 4.98 Å². The van der Waals surface area contributed by atoms with E-state index in [1.54, 1.807) is 18.2 Å². The largest absolute Gasteiger partial charge is 0.255 e. The summed E-state index contributed by atoms with van der Waals surface area (Å²) in [6.07, 6.45) is 1.51. The van der Waals surface area contributed by atoms with Crippen LogP contribution in [0.2, 0.25) is 5.02 Å². The number of rotatable bonds is 1. The van der Waals surface area contributed by atoms with E-state index in [1.807, 2.05) is 13.0 Å². The summed E-state index contributed by atoms with van der Waals surface area (Å²) in [5.41, 5.74) is 1.99. The van der Waals surface area contributed by atoms with Gasteiger partial charge < -0.3 is 0 Å². The normalized spacial score (nSPS) is 10.3. The van der Waals surface area contributed by atoms with E-state index < -0.39 is 0 Å². The van der Waals surface area contributed by atoms with E-state index in [0.29, 0.717) is 16.3 Å². The highest BCUT2D eigenvalue weighted by atomic mass is 35.5. The van der Waals surface area contributed by atoms with E-state index in [0.717, 1.165) is 5.56 Å². The fourth-order valence-corrected chi connectivity index (χ4v) is 1.47. The van der Waals surface area contributed by atoms with Crippen molar-refractivity contribution in [1.29, 1.82) is 0 Å². The molecule has 0 spiro atoms. The van der Waals surface area contributed by atoms with Gasteiger partial charge in [0.05, 0.1) is 10.7 Å². The number of aromatic nitrogens is 1. The highest BCUT2D eigenvalue weighted by Gasteiger charge is 2.05. The molecule has 0 aliphatic rings. The zero-order chi connectivity index (χ0) is 10.8. The van der Waals surface area contributed by atoms with Crippen molar-refractivity contribution in [3.63, 3.8) is 0 Å². The fraction of sp³-hybridized carbons (Fsp3) is 0.0833. The van der Waals surface area contributed by atoms with Gasteiger partial charge in [0.2, 0.25) is 0 Å². The maximum absolute atomic E-state index is 13.6. The first-order valence-corrected chi connectivity index (χ1v) is 4.93. The Labute approximate surface area is 92.5 Å². The molecule has 3 heteroatoms. The first-order chi connectivity index (χ1) is 7.16. The molecule has 0 radical (unpaired) electrons. The third-order valence-corrected chi connectivity index (χ3v) is 2.35. The molecule has 0 saturated heterocycles. The van der Waals surface area contributed by atoms with Crippen molar-refractivity contribution >= 4 is 11.6 Å². The standard InChI is InChI=1S/C12H9ClFN/c1-8-2-4-10(11(14)6-8)12-5-3-9(13)7-15-12/h2-7H,1H3. The Hall–Kier alpha value is -1.41. The third kappa shape index (κ3) is 2.16. The summed E-state index contributed by atoms with van der Waals surface area (Å²) in [4.78, 5) is 4.07. The van der Waals surface area contributed by atoms with Gasteiger partial charge in [-0.25, -0.2) is 4.39 Å². The predicted molar refractivity (Wildman–Crippen MR) is 59.4 cm³/mol. The van der Waals surface area contributed by atoms with Crippen LogP contribution in [-0.4, -0.2) is 4.98 Å². The summed E-state index contributed by atoms with van der Waals surface area (Å²) in [6.45, 7) is 1.85. The molecule has 0 fully saturated rings. The Kier molecular flexibility index (Phi) is 2.69. The van der Waals surface area contributed by atoms with Gasteiger partial charge in [-0.3, -0.25) is 4.98 Å². The van der Waals surface area contributed by atoms with Crippen LogP contribution in [0.3, 0.4) is 0 Å².